The van der Waals surface area contributed by atoms with Crippen molar-refractivity contribution in [2.24, 2.45) is 0 Å². The predicted octanol–water partition coefficient (Wildman–Crippen LogP) is 1.63. The summed E-state index contributed by atoms with van der Waals surface area (Å²) in [6.45, 7) is 0.585. The molecule has 0 radical (unpaired) electrons. The van der Waals surface area contributed by atoms with Gasteiger partial charge in [0.15, 0.2) is 0 Å². The van der Waals surface area contributed by atoms with Crippen molar-refractivity contribution in [3.8, 4) is 6.07 Å². The summed E-state index contributed by atoms with van der Waals surface area (Å²) in [7, 11) is 0. The molecule has 1 aromatic carbocycles. The second-order valence-corrected chi connectivity index (χ2v) is 4.30. The fraction of sp³-hybridized carbons (Fsp3) is 0.308. The molecule has 0 atom stereocenters. The fourth-order valence-electron chi connectivity index (χ4n) is 1.46. The van der Waals surface area contributed by atoms with Crippen molar-refractivity contribution in [2.75, 3.05) is 13.1 Å². The summed E-state index contributed by atoms with van der Waals surface area (Å²) in [5.74, 6) is -1.65. The van der Waals surface area contributed by atoms with Crippen molar-refractivity contribution >= 4 is 23.4 Å². The number of nitriles is 1. The van der Waals surface area contributed by atoms with E-state index in [1.165, 1.54) is 12.1 Å². The van der Waals surface area contributed by atoms with Crippen molar-refractivity contribution in [3.63, 3.8) is 0 Å². The highest BCUT2D eigenvalue weighted by Gasteiger charge is 2.14. The minimum Gasteiger partial charge on any atom is -0.355 e. The zero-order valence-corrected chi connectivity index (χ0v) is 11.3. The molecule has 106 valence electrons. The third-order valence-electron chi connectivity index (χ3n) is 2.39. The molecule has 1 rings (SSSR count). The number of hydrogen-bond donors (Lipinski definition) is 2. The average molecular weight is 298 g/mol. The lowest BCUT2D eigenvalue weighted by Crippen LogP contribution is -2.30. The minimum absolute atomic E-state index is 0.0461. The van der Waals surface area contributed by atoms with Crippen LogP contribution >= 0.6 is 11.6 Å². The smallest absolute Gasteiger partial charge is 0.255 e. The van der Waals surface area contributed by atoms with Crippen LogP contribution in [0.15, 0.2) is 18.2 Å². The molecule has 0 fully saturated rings. The molecule has 0 saturated carbocycles. The molecule has 0 heterocycles. The third kappa shape index (κ3) is 4.86. The first-order chi connectivity index (χ1) is 9.56. The summed E-state index contributed by atoms with van der Waals surface area (Å²) in [6, 6.07) is 5.73. The van der Waals surface area contributed by atoms with Crippen LogP contribution in [-0.4, -0.2) is 24.9 Å². The van der Waals surface area contributed by atoms with Gasteiger partial charge in [-0.15, -0.1) is 0 Å². The van der Waals surface area contributed by atoms with E-state index in [0.717, 1.165) is 6.07 Å². The van der Waals surface area contributed by atoms with Crippen LogP contribution in [0.2, 0.25) is 5.02 Å². The second kappa shape index (κ2) is 8.12. The lowest BCUT2D eigenvalue weighted by molar-refractivity contribution is -0.120. The van der Waals surface area contributed by atoms with Gasteiger partial charge in [0.2, 0.25) is 5.91 Å². The van der Waals surface area contributed by atoms with Gasteiger partial charge in [-0.05, 0) is 18.6 Å². The summed E-state index contributed by atoms with van der Waals surface area (Å²) in [4.78, 5) is 22.7. The van der Waals surface area contributed by atoms with E-state index < -0.39 is 11.7 Å². The number of amides is 2. The van der Waals surface area contributed by atoms with Crippen LogP contribution in [0, 0.1) is 17.1 Å². The Balaban J connectivity index is 2.34. The summed E-state index contributed by atoms with van der Waals surface area (Å²) in [5.41, 5.74) is -0.192. The van der Waals surface area contributed by atoms with E-state index in [2.05, 4.69) is 10.6 Å². The van der Waals surface area contributed by atoms with Crippen LogP contribution in [0.25, 0.3) is 0 Å². The Hall–Kier alpha value is -2.13. The SMILES string of the molecule is N#CCC(=O)NCCCNC(=O)c1c(F)cccc1Cl. The molecule has 2 N–H and O–H groups in total. The Morgan fingerprint density at radius 1 is 1.30 bits per heavy atom. The highest BCUT2D eigenvalue weighted by Crippen LogP contribution is 2.18. The van der Waals surface area contributed by atoms with Gasteiger partial charge in [-0.3, -0.25) is 9.59 Å². The number of nitrogens with zero attached hydrogens (tertiary/aromatic N) is 1. The van der Waals surface area contributed by atoms with Gasteiger partial charge in [0, 0.05) is 13.1 Å². The number of rotatable bonds is 6. The zero-order valence-electron chi connectivity index (χ0n) is 10.6. The molecule has 0 saturated heterocycles. The van der Waals surface area contributed by atoms with Crippen LogP contribution < -0.4 is 10.6 Å². The molecule has 1 aromatic rings. The second-order valence-electron chi connectivity index (χ2n) is 3.89. The Morgan fingerprint density at radius 3 is 2.65 bits per heavy atom. The molecule has 0 aromatic heterocycles. The van der Waals surface area contributed by atoms with Gasteiger partial charge in [-0.2, -0.15) is 5.26 Å². The zero-order chi connectivity index (χ0) is 15.0. The normalized spacial score (nSPS) is 9.65. The average Bonchev–Trinajstić information content (AvgIpc) is 2.38. The highest BCUT2D eigenvalue weighted by molar-refractivity contribution is 6.33. The first-order valence-electron chi connectivity index (χ1n) is 5.92. The molecule has 5 nitrogen and oxygen atoms in total. The lowest BCUT2D eigenvalue weighted by Gasteiger charge is -2.08. The minimum atomic E-state index is -0.683. The van der Waals surface area contributed by atoms with Gasteiger partial charge in [-0.1, -0.05) is 17.7 Å². The molecule has 20 heavy (non-hydrogen) atoms. The summed E-state index contributed by atoms with van der Waals surface area (Å²) >= 11 is 5.75. The molecule has 0 unspecified atom stereocenters. The van der Waals surface area contributed by atoms with Crippen molar-refractivity contribution in [2.45, 2.75) is 12.8 Å². The van der Waals surface area contributed by atoms with E-state index in [-0.39, 0.29) is 29.5 Å². The van der Waals surface area contributed by atoms with E-state index in [9.17, 15) is 14.0 Å². The lowest BCUT2D eigenvalue weighted by atomic mass is 10.2. The quantitative estimate of drug-likeness (QED) is 0.783. The predicted molar refractivity (Wildman–Crippen MR) is 71.6 cm³/mol. The van der Waals surface area contributed by atoms with Gasteiger partial charge in [0.25, 0.3) is 5.91 Å². The topological polar surface area (TPSA) is 82.0 Å². The van der Waals surface area contributed by atoms with Gasteiger partial charge in [0.1, 0.15) is 12.2 Å². The molecule has 2 amide bonds. The van der Waals surface area contributed by atoms with Crippen molar-refractivity contribution in [3.05, 3.63) is 34.6 Å². The largest absolute Gasteiger partial charge is 0.355 e. The van der Waals surface area contributed by atoms with Gasteiger partial charge in [0.05, 0.1) is 16.7 Å². The van der Waals surface area contributed by atoms with Crippen molar-refractivity contribution in [1.82, 2.24) is 10.6 Å². The monoisotopic (exact) mass is 297 g/mol. The number of carbonyl (C=O) groups excluding carboxylic acids is 2. The number of nitrogens with one attached hydrogen (secondary N) is 2. The molecular weight excluding hydrogens is 285 g/mol. The Labute approximate surface area is 120 Å². The van der Waals surface area contributed by atoms with E-state index in [1.54, 1.807) is 6.07 Å². The molecule has 0 aliphatic heterocycles. The standard InChI is InChI=1S/C13H13ClFN3O2/c14-9-3-1-4-10(15)12(9)13(20)18-8-2-7-17-11(19)5-6-16/h1,3-4H,2,5,7-8H2,(H,17,19)(H,18,20). The number of benzene rings is 1. The number of carbonyl (C=O) groups is 2. The number of halogens is 2. The molecule has 7 heteroatoms. The maximum atomic E-state index is 13.4. The first-order valence-corrected chi connectivity index (χ1v) is 6.30. The number of hydrogen-bond acceptors (Lipinski definition) is 3. The van der Waals surface area contributed by atoms with Gasteiger partial charge >= 0.3 is 0 Å². The molecule has 0 bridgehead atoms. The van der Waals surface area contributed by atoms with E-state index in [4.69, 9.17) is 16.9 Å². The van der Waals surface area contributed by atoms with Crippen LogP contribution in [-0.2, 0) is 4.79 Å². The van der Waals surface area contributed by atoms with Crippen LogP contribution in [0.1, 0.15) is 23.2 Å². The Bertz CT molecular complexity index is 523. The van der Waals surface area contributed by atoms with E-state index >= 15 is 0 Å². The maximum Gasteiger partial charge on any atom is 0.255 e. The van der Waals surface area contributed by atoms with Crippen molar-refractivity contribution in [1.29, 1.82) is 5.26 Å². The van der Waals surface area contributed by atoms with Crippen molar-refractivity contribution < 1.29 is 14.0 Å². The molecule has 0 aliphatic carbocycles. The first kappa shape index (κ1) is 15.9. The Morgan fingerprint density at radius 2 is 2.00 bits per heavy atom. The van der Waals surface area contributed by atoms with E-state index in [0.29, 0.717) is 13.0 Å². The fourth-order valence-corrected chi connectivity index (χ4v) is 1.70. The van der Waals surface area contributed by atoms with Crippen LogP contribution in [0.5, 0.6) is 0 Å². The molecular formula is C13H13ClFN3O2. The maximum absolute atomic E-state index is 13.4. The summed E-state index contributed by atoms with van der Waals surface area (Å²) < 4.78 is 13.4. The van der Waals surface area contributed by atoms with Gasteiger partial charge in [-0.25, -0.2) is 4.39 Å². The van der Waals surface area contributed by atoms with E-state index in [1.807, 2.05) is 0 Å². The highest BCUT2D eigenvalue weighted by atomic mass is 35.5. The van der Waals surface area contributed by atoms with Crippen LogP contribution in [0.3, 0.4) is 0 Å². The summed E-state index contributed by atoms with van der Waals surface area (Å²) in [6.07, 6.45) is 0.270. The molecule has 0 spiro atoms. The van der Waals surface area contributed by atoms with Crippen LogP contribution in [0.4, 0.5) is 4.39 Å². The van der Waals surface area contributed by atoms with Gasteiger partial charge < -0.3 is 10.6 Å². The summed E-state index contributed by atoms with van der Waals surface area (Å²) in [5, 5.41) is 13.3. The molecule has 0 aliphatic rings. The Kier molecular flexibility index (Phi) is 6.47. The third-order valence-corrected chi connectivity index (χ3v) is 2.71.